The molecule has 1 aromatic carbocycles. The fraction of sp³-hybridized carbons (Fsp3) is 0.375. The van der Waals surface area contributed by atoms with Crippen molar-refractivity contribution in [2.24, 2.45) is 0 Å². The van der Waals surface area contributed by atoms with Gasteiger partial charge in [-0.15, -0.1) is 21.5 Å². The minimum Gasteiger partial charge on any atom is -0.356 e. The Morgan fingerprint density at radius 3 is 2.96 bits per heavy atom. The van der Waals surface area contributed by atoms with E-state index in [0.717, 1.165) is 10.0 Å². The van der Waals surface area contributed by atoms with Gasteiger partial charge in [0, 0.05) is 18.0 Å². The molecule has 2 N–H and O–H groups in total. The summed E-state index contributed by atoms with van der Waals surface area (Å²) in [6.45, 7) is 2.14. The van der Waals surface area contributed by atoms with Crippen molar-refractivity contribution < 1.29 is 14.3 Å². The maximum Gasteiger partial charge on any atom is 0.251 e. The first-order valence-electron chi connectivity index (χ1n) is 7.76. The van der Waals surface area contributed by atoms with E-state index in [4.69, 9.17) is 16.3 Å². The van der Waals surface area contributed by atoms with E-state index in [-0.39, 0.29) is 18.4 Å². The van der Waals surface area contributed by atoms with Crippen molar-refractivity contribution in [3.63, 3.8) is 0 Å². The number of aryl methyl sites for hydroxylation is 1. The number of nitrogens with one attached hydrogen (secondary N) is 2. The standard InChI is InChI=1S/C16H17ClN4O3S/c1-9-20-21-13(25-9)6-7-18-16(23)15-14(19-12(22)8-24-15)10-4-2-3-5-11(10)17/h2-5,14-15H,6-8H2,1H3,(H,18,23)(H,19,22)/t14-,15+/m1/s1. The van der Waals surface area contributed by atoms with Gasteiger partial charge in [0.15, 0.2) is 6.10 Å². The van der Waals surface area contributed by atoms with Gasteiger partial charge in [-0.25, -0.2) is 0 Å². The molecule has 2 amide bonds. The summed E-state index contributed by atoms with van der Waals surface area (Å²) >= 11 is 7.71. The molecule has 1 aromatic heterocycles. The normalized spacial score (nSPS) is 20.2. The second-order valence-electron chi connectivity index (χ2n) is 5.55. The number of rotatable bonds is 5. The van der Waals surface area contributed by atoms with E-state index < -0.39 is 12.1 Å². The van der Waals surface area contributed by atoms with Crippen LogP contribution >= 0.6 is 22.9 Å². The van der Waals surface area contributed by atoms with Crippen LogP contribution < -0.4 is 10.6 Å². The summed E-state index contributed by atoms with van der Waals surface area (Å²) < 4.78 is 5.47. The van der Waals surface area contributed by atoms with Gasteiger partial charge in [0.1, 0.15) is 16.6 Å². The van der Waals surface area contributed by atoms with Crippen LogP contribution in [0, 0.1) is 6.92 Å². The number of carbonyl (C=O) groups excluding carboxylic acids is 2. The number of carbonyl (C=O) groups is 2. The van der Waals surface area contributed by atoms with E-state index in [1.54, 1.807) is 24.3 Å². The topological polar surface area (TPSA) is 93.2 Å². The summed E-state index contributed by atoms with van der Waals surface area (Å²) in [6.07, 6.45) is -0.249. The number of hydrogen-bond donors (Lipinski definition) is 2. The molecule has 25 heavy (non-hydrogen) atoms. The highest BCUT2D eigenvalue weighted by Gasteiger charge is 2.36. The fourth-order valence-electron chi connectivity index (χ4n) is 2.58. The van der Waals surface area contributed by atoms with Crippen LogP contribution in [-0.4, -0.2) is 41.3 Å². The van der Waals surface area contributed by atoms with Gasteiger partial charge < -0.3 is 15.4 Å². The lowest BCUT2D eigenvalue weighted by Crippen LogP contribution is -2.52. The van der Waals surface area contributed by atoms with E-state index in [9.17, 15) is 9.59 Å². The maximum absolute atomic E-state index is 12.5. The highest BCUT2D eigenvalue weighted by atomic mass is 35.5. The number of hydrogen-bond acceptors (Lipinski definition) is 6. The smallest absolute Gasteiger partial charge is 0.251 e. The lowest BCUT2D eigenvalue weighted by Gasteiger charge is -2.32. The van der Waals surface area contributed by atoms with Gasteiger partial charge in [-0.3, -0.25) is 9.59 Å². The minimum absolute atomic E-state index is 0.158. The van der Waals surface area contributed by atoms with Crippen molar-refractivity contribution in [2.45, 2.75) is 25.5 Å². The van der Waals surface area contributed by atoms with Gasteiger partial charge in [-0.2, -0.15) is 0 Å². The van der Waals surface area contributed by atoms with Crippen molar-refractivity contribution in [1.29, 1.82) is 0 Å². The molecule has 0 spiro atoms. The van der Waals surface area contributed by atoms with Gasteiger partial charge in [0.05, 0.1) is 6.04 Å². The largest absolute Gasteiger partial charge is 0.356 e. The van der Waals surface area contributed by atoms with Crippen LogP contribution in [0.25, 0.3) is 0 Å². The van der Waals surface area contributed by atoms with Gasteiger partial charge in [0.25, 0.3) is 5.91 Å². The molecule has 0 saturated carbocycles. The average Bonchev–Trinajstić information content (AvgIpc) is 3.00. The summed E-state index contributed by atoms with van der Waals surface area (Å²) in [4.78, 5) is 24.2. The highest BCUT2D eigenvalue weighted by molar-refractivity contribution is 7.11. The third kappa shape index (κ3) is 4.33. The van der Waals surface area contributed by atoms with E-state index in [0.29, 0.717) is 23.6 Å². The first-order valence-corrected chi connectivity index (χ1v) is 8.96. The van der Waals surface area contributed by atoms with Gasteiger partial charge in [0.2, 0.25) is 5.91 Å². The first-order chi connectivity index (χ1) is 12.0. The molecule has 132 valence electrons. The van der Waals surface area contributed by atoms with Gasteiger partial charge in [-0.05, 0) is 18.6 Å². The molecule has 0 bridgehead atoms. The Balaban J connectivity index is 1.66. The van der Waals surface area contributed by atoms with Crippen LogP contribution in [0.2, 0.25) is 5.02 Å². The number of benzene rings is 1. The molecule has 3 rings (SSSR count). The predicted molar refractivity (Wildman–Crippen MR) is 93.4 cm³/mol. The predicted octanol–water partition coefficient (Wildman–Crippen LogP) is 1.41. The third-order valence-electron chi connectivity index (χ3n) is 3.72. The Morgan fingerprint density at radius 1 is 1.44 bits per heavy atom. The average molecular weight is 381 g/mol. The summed E-state index contributed by atoms with van der Waals surface area (Å²) in [7, 11) is 0. The zero-order valence-corrected chi connectivity index (χ0v) is 15.1. The molecule has 7 nitrogen and oxygen atoms in total. The first kappa shape index (κ1) is 17.8. The van der Waals surface area contributed by atoms with Gasteiger partial charge >= 0.3 is 0 Å². The quantitative estimate of drug-likeness (QED) is 0.818. The summed E-state index contributed by atoms with van der Waals surface area (Å²) in [5.74, 6) is -0.579. The summed E-state index contributed by atoms with van der Waals surface area (Å²) in [5.41, 5.74) is 0.650. The Kier molecular flexibility index (Phi) is 5.62. The molecule has 1 fully saturated rings. The fourth-order valence-corrected chi connectivity index (χ4v) is 3.54. The molecule has 1 aliphatic heterocycles. The van der Waals surface area contributed by atoms with Crippen molar-refractivity contribution in [3.8, 4) is 0 Å². The van der Waals surface area contributed by atoms with Crippen molar-refractivity contribution in [2.75, 3.05) is 13.2 Å². The lowest BCUT2D eigenvalue weighted by molar-refractivity contribution is -0.148. The van der Waals surface area contributed by atoms with Crippen LogP contribution in [0.1, 0.15) is 21.6 Å². The Hall–Kier alpha value is -2.03. The number of amides is 2. The van der Waals surface area contributed by atoms with Crippen molar-refractivity contribution in [1.82, 2.24) is 20.8 Å². The number of nitrogens with zero attached hydrogens (tertiary/aromatic N) is 2. The molecule has 2 aromatic rings. The Morgan fingerprint density at radius 2 is 2.24 bits per heavy atom. The van der Waals surface area contributed by atoms with Crippen molar-refractivity contribution in [3.05, 3.63) is 44.9 Å². The summed E-state index contributed by atoms with van der Waals surface area (Å²) in [6, 6.07) is 6.45. The molecule has 0 radical (unpaired) electrons. The van der Waals surface area contributed by atoms with E-state index in [2.05, 4.69) is 20.8 Å². The van der Waals surface area contributed by atoms with E-state index in [1.807, 2.05) is 6.92 Å². The molecule has 1 saturated heterocycles. The number of aromatic nitrogens is 2. The second-order valence-corrected chi connectivity index (χ2v) is 7.23. The van der Waals surface area contributed by atoms with Crippen LogP contribution in [0.5, 0.6) is 0 Å². The number of ether oxygens (including phenoxy) is 1. The monoisotopic (exact) mass is 380 g/mol. The molecule has 9 heteroatoms. The molecule has 2 atom stereocenters. The minimum atomic E-state index is -0.839. The summed E-state index contributed by atoms with van der Waals surface area (Å²) in [5, 5.41) is 15.8. The number of halogens is 1. The van der Waals surface area contributed by atoms with E-state index >= 15 is 0 Å². The van der Waals surface area contributed by atoms with Crippen molar-refractivity contribution >= 4 is 34.8 Å². The maximum atomic E-state index is 12.5. The molecule has 1 aliphatic rings. The van der Waals surface area contributed by atoms with Gasteiger partial charge in [-0.1, -0.05) is 29.8 Å². The molecular weight excluding hydrogens is 364 g/mol. The lowest BCUT2D eigenvalue weighted by atomic mass is 9.99. The Bertz CT molecular complexity index is 782. The third-order valence-corrected chi connectivity index (χ3v) is 4.96. The molecule has 0 unspecified atom stereocenters. The Labute approximate surface area is 153 Å². The van der Waals surface area contributed by atoms with Crippen LogP contribution in [0.15, 0.2) is 24.3 Å². The molecule has 0 aliphatic carbocycles. The SMILES string of the molecule is Cc1nnc(CCNC(=O)[C@H]2OCC(=O)N[C@@H]2c2ccccc2Cl)s1. The second kappa shape index (κ2) is 7.90. The zero-order valence-electron chi connectivity index (χ0n) is 13.5. The zero-order chi connectivity index (χ0) is 17.8. The van der Waals surface area contributed by atoms with E-state index in [1.165, 1.54) is 11.3 Å². The highest BCUT2D eigenvalue weighted by Crippen LogP contribution is 2.28. The molecule has 2 heterocycles. The number of morpholine rings is 1. The molecular formula is C16H17ClN4O3S. The van der Waals surface area contributed by atoms with Crippen LogP contribution in [0.4, 0.5) is 0 Å². The van der Waals surface area contributed by atoms with Crippen LogP contribution in [0.3, 0.4) is 0 Å². The van der Waals surface area contributed by atoms with Crippen LogP contribution in [-0.2, 0) is 20.7 Å².